The molecular weight excluding hydrogens is 572 g/mol. The highest BCUT2D eigenvalue weighted by Gasteiger charge is 2.44. The Morgan fingerprint density at radius 1 is 1.10 bits per heavy atom. The van der Waals surface area contributed by atoms with Crippen molar-refractivity contribution >= 4 is 33.2 Å². The van der Waals surface area contributed by atoms with Crippen LogP contribution < -0.4 is 14.4 Å². The van der Waals surface area contributed by atoms with Crippen molar-refractivity contribution in [2.24, 2.45) is 23.7 Å². The Balaban J connectivity index is 1.43. The standard InChI is InChI=1S/C33H41ClN2O5S/c1-20-6-12-30(37)27-10-7-25(27)17-36-18-33(14-4-5-23-15-26(34)9-11-28(23)33)19-41-31-13-8-24(16-29(31)36)32(38)35-42(39,40)22(3)21(20)2/h6,8-9,11-13,15-16,20-22,25,27,30,37H,4-5,7,10,14,17-19H2,1-3H3,(H,35,38)/b12-6-/t20-,21-,22+,25-,27+,30-,33-/m0/s1. The number of amides is 1. The molecular formula is C33H41ClN2O5S. The Hall–Kier alpha value is -2.55. The number of halogens is 1. The number of fused-ring (bicyclic) bond motifs is 4. The number of hydrogen-bond donors (Lipinski definition) is 2. The number of benzene rings is 2. The van der Waals surface area contributed by atoms with Crippen molar-refractivity contribution in [1.82, 2.24) is 4.72 Å². The molecule has 2 aromatic carbocycles. The molecule has 1 fully saturated rings. The largest absolute Gasteiger partial charge is 0.490 e. The number of hydrogen-bond acceptors (Lipinski definition) is 6. The van der Waals surface area contributed by atoms with Crippen molar-refractivity contribution in [3.8, 4) is 5.75 Å². The number of anilines is 1. The number of sulfonamides is 1. The van der Waals surface area contributed by atoms with Gasteiger partial charge >= 0.3 is 0 Å². The van der Waals surface area contributed by atoms with Crippen LogP contribution in [-0.2, 0) is 21.9 Å². The molecule has 2 N–H and O–H groups in total. The molecule has 1 amide bonds. The van der Waals surface area contributed by atoms with Gasteiger partial charge in [-0.3, -0.25) is 4.79 Å². The minimum atomic E-state index is -3.94. The number of ether oxygens (including phenoxy) is 1. The molecule has 0 aromatic heterocycles. The Labute approximate surface area is 254 Å². The molecule has 7 atom stereocenters. The highest BCUT2D eigenvalue weighted by molar-refractivity contribution is 7.90. The lowest BCUT2D eigenvalue weighted by Gasteiger charge is -2.45. The fraction of sp³-hybridized carbons (Fsp3) is 0.545. The molecule has 0 saturated heterocycles. The maximum atomic E-state index is 13.4. The van der Waals surface area contributed by atoms with Crippen LogP contribution in [-0.4, -0.2) is 50.5 Å². The van der Waals surface area contributed by atoms with Crippen LogP contribution in [0.1, 0.15) is 67.9 Å². The lowest BCUT2D eigenvalue weighted by atomic mass is 9.68. The molecule has 9 heteroatoms. The third-order valence-corrected chi connectivity index (χ3v) is 12.7. The molecule has 1 spiro atoms. The molecule has 42 heavy (non-hydrogen) atoms. The van der Waals surface area contributed by atoms with E-state index >= 15 is 0 Å². The summed E-state index contributed by atoms with van der Waals surface area (Å²) in [6, 6.07) is 11.4. The second kappa shape index (κ2) is 11.2. The van der Waals surface area contributed by atoms with Crippen molar-refractivity contribution in [2.75, 3.05) is 24.6 Å². The van der Waals surface area contributed by atoms with Crippen LogP contribution in [0.4, 0.5) is 5.69 Å². The van der Waals surface area contributed by atoms with Crippen LogP contribution in [0.3, 0.4) is 0 Å². The van der Waals surface area contributed by atoms with Crippen LogP contribution in [0.25, 0.3) is 0 Å². The summed E-state index contributed by atoms with van der Waals surface area (Å²) in [5.74, 6) is 0.0790. The summed E-state index contributed by atoms with van der Waals surface area (Å²) in [6.45, 7) is 7.36. The average Bonchev–Trinajstić information content (AvgIpc) is 3.09. The van der Waals surface area contributed by atoms with Crippen molar-refractivity contribution in [3.05, 3.63) is 70.3 Å². The first-order valence-corrected chi connectivity index (χ1v) is 17.1. The summed E-state index contributed by atoms with van der Waals surface area (Å²) in [5.41, 5.74) is 3.32. The van der Waals surface area contributed by atoms with Crippen LogP contribution in [0, 0.1) is 23.7 Å². The lowest BCUT2D eigenvalue weighted by molar-refractivity contribution is 0.0454. The Morgan fingerprint density at radius 2 is 1.90 bits per heavy atom. The Morgan fingerprint density at radius 3 is 2.67 bits per heavy atom. The zero-order valence-electron chi connectivity index (χ0n) is 24.6. The zero-order valence-corrected chi connectivity index (χ0v) is 26.1. The number of aryl methyl sites for hydroxylation is 1. The maximum absolute atomic E-state index is 13.4. The molecule has 2 aliphatic heterocycles. The van der Waals surface area contributed by atoms with Crippen LogP contribution in [0.2, 0.25) is 5.02 Å². The van der Waals surface area contributed by atoms with E-state index in [0.29, 0.717) is 25.4 Å². The first-order valence-electron chi connectivity index (χ1n) is 15.2. The minimum Gasteiger partial charge on any atom is -0.490 e. The van der Waals surface area contributed by atoms with Gasteiger partial charge in [-0.05, 0) is 104 Å². The number of aliphatic hydroxyl groups excluding tert-OH is 1. The van der Waals surface area contributed by atoms with Crippen molar-refractivity contribution in [1.29, 1.82) is 0 Å². The van der Waals surface area contributed by atoms with Gasteiger partial charge in [0.1, 0.15) is 5.75 Å². The molecule has 2 bridgehead atoms. The minimum absolute atomic E-state index is 0.0962. The average molecular weight is 613 g/mol. The third kappa shape index (κ3) is 5.35. The van der Waals surface area contributed by atoms with E-state index in [0.717, 1.165) is 42.8 Å². The van der Waals surface area contributed by atoms with E-state index in [9.17, 15) is 18.3 Å². The summed E-state index contributed by atoms with van der Waals surface area (Å²) in [7, 11) is -3.94. The third-order valence-electron chi connectivity index (χ3n) is 10.6. The van der Waals surface area contributed by atoms with E-state index in [1.807, 2.05) is 32.1 Å². The van der Waals surface area contributed by atoms with E-state index < -0.39 is 27.3 Å². The lowest BCUT2D eigenvalue weighted by Crippen LogP contribution is -2.49. The second-order valence-corrected chi connectivity index (χ2v) is 15.5. The van der Waals surface area contributed by atoms with Gasteiger partial charge in [-0.1, -0.05) is 43.7 Å². The van der Waals surface area contributed by atoms with Gasteiger partial charge in [0.05, 0.1) is 23.6 Å². The summed E-state index contributed by atoms with van der Waals surface area (Å²) in [4.78, 5) is 15.7. The fourth-order valence-electron chi connectivity index (χ4n) is 7.41. The highest BCUT2D eigenvalue weighted by atomic mass is 35.5. The van der Waals surface area contributed by atoms with Gasteiger partial charge < -0.3 is 14.7 Å². The number of aliphatic hydroxyl groups is 1. The van der Waals surface area contributed by atoms with Gasteiger partial charge in [-0.15, -0.1) is 0 Å². The van der Waals surface area contributed by atoms with E-state index in [2.05, 4.69) is 21.8 Å². The maximum Gasteiger partial charge on any atom is 0.264 e. The summed E-state index contributed by atoms with van der Waals surface area (Å²) >= 11 is 6.39. The number of carbonyl (C=O) groups excluding carboxylic acids is 1. The molecule has 4 aliphatic rings. The van der Waals surface area contributed by atoms with E-state index in [1.54, 1.807) is 25.1 Å². The number of nitrogens with one attached hydrogen (secondary N) is 1. The van der Waals surface area contributed by atoms with Gasteiger partial charge in [0.2, 0.25) is 10.0 Å². The molecule has 2 heterocycles. The molecule has 1 saturated carbocycles. The predicted octanol–water partition coefficient (Wildman–Crippen LogP) is 5.49. The number of carbonyl (C=O) groups is 1. The number of nitrogens with zero attached hydrogens (tertiary/aromatic N) is 1. The van der Waals surface area contributed by atoms with Gasteiger partial charge in [-0.2, -0.15) is 0 Å². The normalized spacial score (nSPS) is 35.1. The van der Waals surface area contributed by atoms with Crippen molar-refractivity contribution in [2.45, 2.75) is 69.6 Å². The molecule has 2 aliphatic carbocycles. The van der Waals surface area contributed by atoms with Crippen molar-refractivity contribution in [3.63, 3.8) is 0 Å². The van der Waals surface area contributed by atoms with Gasteiger partial charge in [0, 0.05) is 29.1 Å². The SMILES string of the molecule is C[C@@H]1[C@@H](C)S(=O)(=O)NC(=O)c2ccc3c(c2)N(C[C@@H]2CC[C@H]2[C@@H](O)/C=C\[C@@H]1C)C[C@@]1(CCCc2cc(Cl)ccc21)CO3. The molecule has 2 aromatic rings. The summed E-state index contributed by atoms with van der Waals surface area (Å²) < 4.78 is 35.4. The van der Waals surface area contributed by atoms with E-state index in [-0.39, 0.29) is 34.7 Å². The quantitative estimate of drug-likeness (QED) is 0.382. The molecule has 0 radical (unpaired) electrons. The monoisotopic (exact) mass is 612 g/mol. The highest BCUT2D eigenvalue weighted by Crippen LogP contribution is 2.46. The van der Waals surface area contributed by atoms with Gasteiger partial charge in [0.25, 0.3) is 5.91 Å². The van der Waals surface area contributed by atoms with E-state index in [1.165, 1.54) is 11.1 Å². The van der Waals surface area contributed by atoms with Crippen LogP contribution >= 0.6 is 11.6 Å². The van der Waals surface area contributed by atoms with Gasteiger partial charge in [0.15, 0.2) is 0 Å². The molecule has 0 unspecified atom stereocenters. The fourth-order valence-corrected chi connectivity index (χ4v) is 8.98. The topological polar surface area (TPSA) is 95.9 Å². The summed E-state index contributed by atoms with van der Waals surface area (Å²) in [6.07, 6.45) is 8.11. The smallest absolute Gasteiger partial charge is 0.264 e. The number of rotatable bonds is 0. The predicted molar refractivity (Wildman–Crippen MR) is 166 cm³/mol. The molecule has 6 rings (SSSR count). The Kier molecular flexibility index (Phi) is 7.86. The molecule has 7 nitrogen and oxygen atoms in total. The zero-order chi connectivity index (χ0) is 29.8. The van der Waals surface area contributed by atoms with Crippen molar-refractivity contribution < 1.29 is 23.1 Å². The van der Waals surface area contributed by atoms with Crippen LogP contribution in [0.5, 0.6) is 5.75 Å². The number of allylic oxidation sites excluding steroid dienone is 1. The Bertz CT molecular complexity index is 1510. The first kappa shape index (κ1) is 29.5. The second-order valence-electron chi connectivity index (χ2n) is 13.1. The van der Waals surface area contributed by atoms with Crippen LogP contribution in [0.15, 0.2) is 48.6 Å². The van der Waals surface area contributed by atoms with Gasteiger partial charge in [-0.25, -0.2) is 13.1 Å². The molecule has 226 valence electrons. The van der Waals surface area contributed by atoms with E-state index in [4.69, 9.17) is 16.3 Å². The summed E-state index contributed by atoms with van der Waals surface area (Å²) in [5, 5.41) is 11.1. The first-order chi connectivity index (χ1) is 20.0.